The largest absolute Gasteiger partial charge is 0.516 e. The predicted octanol–water partition coefficient (Wildman–Crippen LogP) is 4.71. The Hall–Kier alpha value is -2.14. The van der Waals surface area contributed by atoms with E-state index in [9.17, 15) is 26.4 Å². The highest BCUT2D eigenvalue weighted by Crippen LogP contribution is 2.35. The molecule has 3 rings (SSSR count). The molecule has 1 heterocycles. The van der Waals surface area contributed by atoms with E-state index in [1.54, 1.807) is 11.6 Å². The van der Waals surface area contributed by atoms with Gasteiger partial charge in [-0.1, -0.05) is 37.8 Å². The minimum Gasteiger partial charge on any atom is -0.301 e. The van der Waals surface area contributed by atoms with Crippen LogP contribution in [0.4, 0.5) is 24.0 Å². The van der Waals surface area contributed by atoms with Crippen LogP contribution in [0.25, 0.3) is 0 Å². The van der Waals surface area contributed by atoms with Crippen molar-refractivity contribution in [2.24, 2.45) is 5.92 Å². The van der Waals surface area contributed by atoms with Gasteiger partial charge in [-0.3, -0.25) is 9.52 Å². The third-order valence-electron chi connectivity index (χ3n) is 4.89. The van der Waals surface area contributed by atoms with Gasteiger partial charge in [0.15, 0.2) is 5.13 Å². The summed E-state index contributed by atoms with van der Waals surface area (Å²) in [7, 11) is -5.49. The lowest BCUT2D eigenvalue weighted by Crippen LogP contribution is -2.29. The molecule has 1 saturated carbocycles. The Labute approximate surface area is 170 Å². The van der Waals surface area contributed by atoms with Gasteiger partial charge in [-0.05, 0) is 30.0 Å². The Morgan fingerprint density at radius 3 is 2.41 bits per heavy atom. The molecular weight excluding hydrogens is 427 g/mol. The van der Waals surface area contributed by atoms with Gasteiger partial charge in [0.25, 0.3) is 0 Å². The number of sulfonamides is 1. The SMILES string of the molecule is O=C(Nc1nccs1)C(CC1CCCC1)c1ccc(NS(=O)(=O)C(F)(F)F)cc1. The van der Waals surface area contributed by atoms with E-state index in [1.807, 2.05) is 0 Å². The van der Waals surface area contributed by atoms with Crippen molar-refractivity contribution < 1.29 is 26.4 Å². The second-order valence-corrected chi connectivity index (χ2v) is 9.51. The maximum atomic E-state index is 12.8. The van der Waals surface area contributed by atoms with Crippen LogP contribution in [-0.2, 0) is 14.8 Å². The van der Waals surface area contributed by atoms with Crippen LogP contribution in [0.5, 0.6) is 0 Å². The van der Waals surface area contributed by atoms with Crippen molar-refractivity contribution >= 4 is 38.1 Å². The number of benzene rings is 1. The molecule has 2 aromatic rings. The Balaban J connectivity index is 1.78. The highest BCUT2D eigenvalue weighted by Gasteiger charge is 2.46. The fourth-order valence-electron chi connectivity index (χ4n) is 3.45. The highest BCUT2D eigenvalue weighted by molar-refractivity contribution is 7.93. The molecule has 29 heavy (non-hydrogen) atoms. The number of hydrogen-bond acceptors (Lipinski definition) is 5. The van der Waals surface area contributed by atoms with Crippen LogP contribution in [-0.4, -0.2) is 24.8 Å². The molecule has 0 aliphatic heterocycles. The summed E-state index contributed by atoms with van der Waals surface area (Å²) in [6, 6.07) is 5.43. The first-order valence-electron chi connectivity index (χ1n) is 9.05. The monoisotopic (exact) mass is 447 g/mol. The molecule has 1 amide bonds. The van der Waals surface area contributed by atoms with Crippen molar-refractivity contribution in [3.63, 3.8) is 0 Å². The molecule has 1 aliphatic rings. The quantitative estimate of drug-likeness (QED) is 0.644. The van der Waals surface area contributed by atoms with Crippen LogP contribution in [0.15, 0.2) is 35.8 Å². The number of rotatable bonds is 7. The van der Waals surface area contributed by atoms with E-state index >= 15 is 0 Å². The molecule has 11 heteroatoms. The number of nitrogens with one attached hydrogen (secondary N) is 2. The number of hydrogen-bond donors (Lipinski definition) is 2. The molecule has 0 radical (unpaired) electrons. The number of nitrogens with zero attached hydrogens (tertiary/aromatic N) is 1. The number of amides is 1. The fraction of sp³-hybridized carbons (Fsp3) is 0.444. The number of halogens is 3. The lowest BCUT2D eigenvalue weighted by Gasteiger charge is -2.20. The van der Waals surface area contributed by atoms with E-state index in [2.05, 4.69) is 10.3 Å². The van der Waals surface area contributed by atoms with E-state index in [1.165, 1.54) is 40.3 Å². The van der Waals surface area contributed by atoms with Crippen LogP contribution in [0.2, 0.25) is 0 Å². The van der Waals surface area contributed by atoms with Gasteiger partial charge < -0.3 is 5.32 Å². The molecule has 6 nitrogen and oxygen atoms in total. The van der Waals surface area contributed by atoms with Crippen molar-refractivity contribution in [2.45, 2.75) is 43.5 Å². The van der Waals surface area contributed by atoms with Gasteiger partial charge in [-0.2, -0.15) is 21.6 Å². The average Bonchev–Trinajstić information content (AvgIpc) is 3.33. The summed E-state index contributed by atoms with van der Waals surface area (Å²) in [4.78, 5) is 16.9. The van der Waals surface area contributed by atoms with Crippen molar-refractivity contribution in [1.29, 1.82) is 0 Å². The predicted molar refractivity (Wildman–Crippen MR) is 105 cm³/mol. The lowest BCUT2D eigenvalue weighted by molar-refractivity contribution is -0.118. The van der Waals surface area contributed by atoms with Gasteiger partial charge in [0, 0.05) is 17.3 Å². The van der Waals surface area contributed by atoms with Crippen molar-refractivity contribution in [1.82, 2.24) is 4.98 Å². The zero-order valence-corrected chi connectivity index (χ0v) is 16.9. The van der Waals surface area contributed by atoms with E-state index < -0.39 is 21.4 Å². The van der Waals surface area contributed by atoms with Crippen LogP contribution in [0.3, 0.4) is 0 Å². The molecule has 1 aromatic heterocycles. The second-order valence-electron chi connectivity index (χ2n) is 6.94. The minimum atomic E-state index is -5.49. The van der Waals surface area contributed by atoms with E-state index in [4.69, 9.17) is 0 Å². The summed E-state index contributed by atoms with van der Waals surface area (Å²) in [5, 5.41) is 4.99. The van der Waals surface area contributed by atoms with Crippen LogP contribution >= 0.6 is 11.3 Å². The van der Waals surface area contributed by atoms with Gasteiger partial charge in [-0.15, -0.1) is 11.3 Å². The summed E-state index contributed by atoms with van der Waals surface area (Å²) in [6.45, 7) is 0. The molecule has 0 saturated heterocycles. The molecule has 2 N–H and O–H groups in total. The molecule has 1 aliphatic carbocycles. The molecule has 1 fully saturated rings. The first-order chi connectivity index (χ1) is 13.7. The van der Waals surface area contributed by atoms with Gasteiger partial charge in [0.1, 0.15) is 0 Å². The zero-order chi connectivity index (χ0) is 21.1. The lowest BCUT2D eigenvalue weighted by atomic mass is 9.87. The normalized spacial score (nSPS) is 16.5. The summed E-state index contributed by atoms with van der Waals surface area (Å²) in [5.74, 6) is -0.351. The van der Waals surface area contributed by atoms with E-state index in [0.717, 1.165) is 25.7 Å². The van der Waals surface area contributed by atoms with Gasteiger partial charge in [0.05, 0.1) is 5.92 Å². The number of carbonyl (C=O) groups excluding carboxylic acids is 1. The van der Waals surface area contributed by atoms with Gasteiger partial charge >= 0.3 is 15.5 Å². The average molecular weight is 448 g/mol. The number of aromatic nitrogens is 1. The molecule has 0 spiro atoms. The number of carbonyl (C=O) groups is 1. The topological polar surface area (TPSA) is 88.2 Å². The summed E-state index contributed by atoms with van der Waals surface area (Å²) in [5.41, 5.74) is -5.00. The molecule has 158 valence electrons. The first-order valence-corrected chi connectivity index (χ1v) is 11.4. The Morgan fingerprint density at radius 1 is 1.21 bits per heavy atom. The third-order valence-corrected chi connectivity index (χ3v) is 6.70. The summed E-state index contributed by atoms with van der Waals surface area (Å²) in [6.07, 6.45) is 6.49. The summed E-state index contributed by atoms with van der Waals surface area (Å²) >= 11 is 1.29. The van der Waals surface area contributed by atoms with Crippen molar-refractivity contribution in [2.75, 3.05) is 10.0 Å². The van der Waals surface area contributed by atoms with Crippen molar-refractivity contribution in [3.8, 4) is 0 Å². The highest BCUT2D eigenvalue weighted by atomic mass is 32.2. The number of alkyl halides is 3. The van der Waals surface area contributed by atoms with Crippen LogP contribution in [0.1, 0.15) is 43.6 Å². The van der Waals surface area contributed by atoms with Crippen LogP contribution in [0, 0.1) is 5.92 Å². The van der Waals surface area contributed by atoms with E-state index in [0.29, 0.717) is 23.0 Å². The molecule has 1 aromatic carbocycles. The van der Waals surface area contributed by atoms with Gasteiger partial charge in [0.2, 0.25) is 5.91 Å². The summed E-state index contributed by atoms with van der Waals surface area (Å²) < 4.78 is 61.6. The fourth-order valence-corrected chi connectivity index (χ4v) is 4.54. The van der Waals surface area contributed by atoms with Crippen LogP contribution < -0.4 is 10.0 Å². The second kappa shape index (κ2) is 8.70. The molecule has 1 unspecified atom stereocenters. The Bertz CT molecular complexity index is 924. The van der Waals surface area contributed by atoms with Crippen molar-refractivity contribution in [3.05, 3.63) is 41.4 Å². The molecular formula is C18H20F3N3O3S2. The van der Waals surface area contributed by atoms with Gasteiger partial charge in [-0.25, -0.2) is 4.98 Å². The first kappa shape index (κ1) is 21.6. The number of anilines is 2. The Morgan fingerprint density at radius 2 is 1.86 bits per heavy atom. The standard InChI is InChI=1S/C18H20F3N3O3S2/c19-18(20,21)29(26,27)24-14-7-5-13(6-8-14)15(11-12-3-1-2-4-12)16(25)23-17-22-9-10-28-17/h5-10,12,15,24H,1-4,11H2,(H,22,23,25). The number of thiazole rings is 1. The zero-order valence-electron chi connectivity index (χ0n) is 15.3. The Kier molecular flexibility index (Phi) is 6.47. The smallest absolute Gasteiger partial charge is 0.301 e. The maximum absolute atomic E-state index is 12.8. The third kappa shape index (κ3) is 5.47. The minimum absolute atomic E-state index is 0.217. The van der Waals surface area contributed by atoms with E-state index in [-0.39, 0.29) is 11.6 Å². The molecule has 0 bridgehead atoms. The molecule has 1 atom stereocenters. The maximum Gasteiger partial charge on any atom is 0.516 e.